The predicted molar refractivity (Wildman–Crippen MR) is 91.7 cm³/mol. The first-order chi connectivity index (χ1) is 11.5. The average Bonchev–Trinajstić information content (AvgIpc) is 3.14. The lowest BCUT2D eigenvalue weighted by Crippen LogP contribution is -2.05. The van der Waals surface area contributed by atoms with Crippen LogP contribution in [0.4, 0.5) is 11.6 Å². The SMILES string of the molecule is CCn1c([N+](=O)[O-])cnc1CSSCc1ncc([N+](=O)[O-])n1CC. The highest BCUT2D eigenvalue weighted by molar-refractivity contribution is 8.76. The van der Waals surface area contributed by atoms with Gasteiger partial charge in [-0.2, -0.15) is 0 Å². The van der Waals surface area contributed by atoms with Crippen molar-refractivity contribution in [3.63, 3.8) is 0 Å². The number of hydrogen-bond donors (Lipinski definition) is 0. The summed E-state index contributed by atoms with van der Waals surface area (Å²) in [5.74, 6) is 2.23. The molecule has 0 saturated heterocycles. The molecule has 2 aromatic rings. The summed E-state index contributed by atoms with van der Waals surface area (Å²) in [5, 5.41) is 21.8. The van der Waals surface area contributed by atoms with Crippen LogP contribution in [-0.2, 0) is 24.6 Å². The lowest BCUT2D eigenvalue weighted by Gasteiger charge is -2.03. The molecule has 0 aromatic carbocycles. The molecule has 0 aliphatic heterocycles. The first kappa shape index (κ1) is 18.3. The van der Waals surface area contributed by atoms with Gasteiger partial charge in [0.05, 0.1) is 24.6 Å². The highest BCUT2D eigenvalue weighted by Gasteiger charge is 2.20. The van der Waals surface area contributed by atoms with Crippen molar-refractivity contribution in [2.45, 2.75) is 38.4 Å². The van der Waals surface area contributed by atoms with Crippen LogP contribution in [0, 0.1) is 20.2 Å². The molecule has 2 heterocycles. The lowest BCUT2D eigenvalue weighted by molar-refractivity contribution is -0.392. The third-order valence-electron chi connectivity index (χ3n) is 3.30. The van der Waals surface area contributed by atoms with Crippen molar-refractivity contribution < 1.29 is 9.85 Å². The number of rotatable bonds is 9. The van der Waals surface area contributed by atoms with Crippen LogP contribution in [-0.4, -0.2) is 28.9 Å². The molecule has 10 nitrogen and oxygen atoms in total. The van der Waals surface area contributed by atoms with E-state index in [1.54, 1.807) is 9.13 Å². The van der Waals surface area contributed by atoms with Crippen LogP contribution >= 0.6 is 21.6 Å². The molecule has 0 radical (unpaired) electrons. The molecule has 0 fully saturated rings. The summed E-state index contributed by atoms with van der Waals surface area (Å²) in [5.41, 5.74) is 0. The van der Waals surface area contributed by atoms with Gasteiger partial charge in [0, 0.05) is 0 Å². The number of hydrogen-bond acceptors (Lipinski definition) is 8. The zero-order chi connectivity index (χ0) is 17.7. The minimum Gasteiger partial charge on any atom is -0.358 e. The zero-order valence-electron chi connectivity index (χ0n) is 13.1. The van der Waals surface area contributed by atoms with Gasteiger partial charge in [-0.3, -0.25) is 0 Å². The summed E-state index contributed by atoms with van der Waals surface area (Å²) >= 11 is 0. The Bertz CT molecular complexity index is 682. The summed E-state index contributed by atoms with van der Waals surface area (Å²) in [4.78, 5) is 29.1. The van der Waals surface area contributed by atoms with Crippen molar-refractivity contribution >= 4 is 33.2 Å². The average molecular weight is 372 g/mol. The Labute approximate surface area is 145 Å². The second kappa shape index (κ2) is 8.15. The van der Waals surface area contributed by atoms with Crippen molar-refractivity contribution in [3.8, 4) is 0 Å². The van der Waals surface area contributed by atoms with Gasteiger partial charge in [-0.15, -0.1) is 0 Å². The first-order valence-corrected chi connectivity index (χ1v) is 9.60. The van der Waals surface area contributed by atoms with Crippen LogP contribution < -0.4 is 0 Å². The Morgan fingerprint density at radius 1 is 0.917 bits per heavy atom. The predicted octanol–water partition coefficient (Wildman–Crippen LogP) is 3.02. The van der Waals surface area contributed by atoms with E-state index in [2.05, 4.69) is 9.97 Å². The lowest BCUT2D eigenvalue weighted by atomic mass is 10.6. The van der Waals surface area contributed by atoms with Gasteiger partial charge < -0.3 is 20.2 Å². The minimum atomic E-state index is -0.449. The van der Waals surface area contributed by atoms with E-state index in [0.717, 1.165) is 0 Å². The first-order valence-electron chi connectivity index (χ1n) is 7.11. The second-order valence-electron chi connectivity index (χ2n) is 4.59. The molecule has 0 saturated carbocycles. The van der Waals surface area contributed by atoms with Gasteiger partial charge in [-0.25, -0.2) is 19.1 Å². The molecule has 0 aliphatic rings. The monoisotopic (exact) mass is 372 g/mol. The van der Waals surface area contributed by atoms with Crippen LogP contribution in [0.2, 0.25) is 0 Å². The maximum absolute atomic E-state index is 10.9. The van der Waals surface area contributed by atoms with Gasteiger partial charge >= 0.3 is 11.6 Å². The fraction of sp³-hybridized carbons (Fsp3) is 0.500. The number of nitrogens with zero attached hydrogens (tertiary/aromatic N) is 6. The summed E-state index contributed by atoms with van der Waals surface area (Å²) in [6.45, 7) is 4.60. The van der Waals surface area contributed by atoms with E-state index in [-0.39, 0.29) is 11.6 Å². The summed E-state index contributed by atoms with van der Waals surface area (Å²) in [6.07, 6.45) is 2.52. The molecule has 0 unspecified atom stereocenters. The molecule has 0 aliphatic carbocycles. The van der Waals surface area contributed by atoms with E-state index in [1.165, 1.54) is 34.0 Å². The quantitative estimate of drug-likeness (QED) is 0.285. The second-order valence-corrected chi connectivity index (χ2v) is 7.06. The molecule has 24 heavy (non-hydrogen) atoms. The minimum absolute atomic E-state index is 0.0183. The maximum Gasteiger partial charge on any atom is 0.342 e. The Balaban J connectivity index is 1.94. The normalized spacial score (nSPS) is 10.9. The highest BCUT2D eigenvalue weighted by atomic mass is 33.1. The third-order valence-corrected chi connectivity index (χ3v) is 5.43. The topological polar surface area (TPSA) is 122 Å². The molecular weight excluding hydrogens is 356 g/mol. The van der Waals surface area contributed by atoms with E-state index < -0.39 is 9.85 Å². The molecule has 12 heteroatoms. The summed E-state index contributed by atoms with van der Waals surface area (Å²) < 4.78 is 3.12. The van der Waals surface area contributed by atoms with E-state index in [1.807, 2.05) is 13.8 Å². The van der Waals surface area contributed by atoms with E-state index >= 15 is 0 Å². The largest absolute Gasteiger partial charge is 0.358 e. The Morgan fingerprint density at radius 2 is 1.29 bits per heavy atom. The van der Waals surface area contributed by atoms with Gasteiger partial charge in [-0.05, 0) is 23.7 Å². The van der Waals surface area contributed by atoms with Crippen molar-refractivity contribution in [1.29, 1.82) is 0 Å². The van der Waals surface area contributed by atoms with E-state index in [9.17, 15) is 20.2 Å². The van der Waals surface area contributed by atoms with Gasteiger partial charge in [0.25, 0.3) is 0 Å². The van der Waals surface area contributed by atoms with Crippen LogP contribution in [0.3, 0.4) is 0 Å². The molecule has 0 spiro atoms. The fourth-order valence-electron chi connectivity index (χ4n) is 2.21. The fourth-order valence-corrected chi connectivity index (χ4v) is 4.18. The van der Waals surface area contributed by atoms with Crippen molar-refractivity contribution in [2.24, 2.45) is 0 Å². The van der Waals surface area contributed by atoms with Crippen molar-refractivity contribution in [1.82, 2.24) is 19.1 Å². The van der Waals surface area contributed by atoms with Crippen molar-refractivity contribution in [2.75, 3.05) is 0 Å². The Hall–Kier alpha value is -2.08. The van der Waals surface area contributed by atoms with Gasteiger partial charge in [0.15, 0.2) is 0 Å². The van der Waals surface area contributed by atoms with Crippen molar-refractivity contribution in [3.05, 3.63) is 44.3 Å². The maximum atomic E-state index is 10.9. The summed E-state index contributed by atoms with van der Waals surface area (Å²) in [7, 11) is 2.96. The van der Waals surface area contributed by atoms with Gasteiger partial charge in [-0.1, -0.05) is 21.6 Å². The van der Waals surface area contributed by atoms with Crippen LogP contribution in [0.25, 0.3) is 0 Å². The van der Waals surface area contributed by atoms with Gasteiger partial charge in [0.2, 0.25) is 11.6 Å². The van der Waals surface area contributed by atoms with Crippen LogP contribution in [0.5, 0.6) is 0 Å². The van der Waals surface area contributed by atoms with Crippen LogP contribution in [0.1, 0.15) is 25.5 Å². The standard InChI is InChI=1S/C12H16N6O4S2/c1-3-15-9(13-5-11(15)17(19)20)7-23-24-8-10-14-6-12(18(21)22)16(10)4-2/h5-6H,3-4,7-8H2,1-2H3. The molecule has 0 N–H and O–H groups in total. The molecule has 0 atom stereocenters. The molecule has 2 rings (SSSR count). The van der Waals surface area contributed by atoms with Crippen LogP contribution in [0.15, 0.2) is 12.4 Å². The third kappa shape index (κ3) is 3.87. The Morgan fingerprint density at radius 3 is 1.58 bits per heavy atom. The highest BCUT2D eigenvalue weighted by Crippen LogP contribution is 2.30. The summed E-state index contributed by atoms with van der Waals surface area (Å²) in [6, 6.07) is 0. The number of aromatic nitrogens is 4. The molecule has 0 amide bonds. The molecule has 130 valence electrons. The zero-order valence-corrected chi connectivity index (χ0v) is 14.7. The Kier molecular flexibility index (Phi) is 6.20. The van der Waals surface area contributed by atoms with E-state index in [4.69, 9.17) is 0 Å². The van der Waals surface area contributed by atoms with Gasteiger partial charge in [0.1, 0.15) is 12.4 Å². The van der Waals surface area contributed by atoms with E-state index in [0.29, 0.717) is 36.2 Å². The number of nitro groups is 2. The molecule has 2 aromatic heterocycles. The molecular formula is C12H16N6O4S2. The molecule has 0 bridgehead atoms. The smallest absolute Gasteiger partial charge is 0.342 e. The number of imidazole rings is 2.